The zero-order valence-electron chi connectivity index (χ0n) is 10.0. The Labute approximate surface area is 105 Å². The minimum atomic E-state index is -0.820. The smallest absolute Gasteiger partial charge is 0.303 e. The number of aliphatic carboxylic acids is 1. The van der Waals surface area contributed by atoms with Crippen molar-refractivity contribution in [3.05, 3.63) is 29.3 Å². The molecule has 98 valence electrons. The van der Waals surface area contributed by atoms with Gasteiger partial charge in [-0.05, 0) is 36.1 Å². The Morgan fingerprint density at radius 3 is 3.00 bits per heavy atom. The van der Waals surface area contributed by atoms with Gasteiger partial charge in [0.2, 0.25) is 0 Å². The fourth-order valence-electron chi connectivity index (χ4n) is 2.29. The van der Waals surface area contributed by atoms with Crippen LogP contribution in [0.15, 0.2) is 18.2 Å². The predicted molar refractivity (Wildman–Crippen MR) is 65.3 cm³/mol. The number of fused-ring (bicyclic) bond motifs is 1. The van der Waals surface area contributed by atoms with Crippen molar-refractivity contribution in [3.8, 4) is 5.75 Å². The highest BCUT2D eigenvalue weighted by Crippen LogP contribution is 2.35. The lowest BCUT2D eigenvalue weighted by atomic mass is 10.1. The second-order valence-electron chi connectivity index (χ2n) is 4.54. The van der Waals surface area contributed by atoms with Crippen LogP contribution in [0, 0.1) is 0 Å². The first-order valence-electron chi connectivity index (χ1n) is 5.98. The zero-order chi connectivity index (χ0) is 13.1. The summed E-state index contributed by atoms with van der Waals surface area (Å²) in [6, 6.07) is 5.01. The zero-order valence-corrected chi connectivity index (χ0v) is 10.0. The lowest BCUT2D eigenvalue weighted by Gasteiger charge is -2.17. The Kier molecular flexibility index (Phi) is 3.84. The van der Waals surface area contributed by atoms with Crippen LogP contribution in [0.4, 0.5) is 0 Å². The third-order valence-electron chi connectivity index (χ3n) is 3.11. The summed E-state index contributed by atoms with van der Waals surface area (Å²) in [5, 5.41) is 17.9. The number of carboxylic acid groups (broad SMARTS) is 1. The van der Waals surface area contributed by atoms with E-state index < -0.39 is 5.97 Å². The van der Waals surface area contributed by atoms with Gasteiger partial charge in [0, 0.05) is 19.1 Å². The lowest BCUT2D eigenvalue weighted by Crippen LogP contribution is -2.27. The number of carbonyl (C=O) groups is 1. The van der Waals surface area contributed by atoms with Crippen LogP contribution in [0.1, 0.15) is 30.1 Å². The van der Waals surface area contributed by atoms with Crippen LogP contribution >= 0.6 is 0 Å². The molecule has 0 amide bonds. The molecular formula is C13H17NO4. The molecule has 2 atom stereocenters. The van der Waals surface area contributed by atoms with Crippen LogP contribution in [0.25, 0.3) is 0 Å². The SMILES string of the molecule is NC1Cc2cc(O)ccc2C1OCCCC(=O)O. The average molecular weight is 251 g/mol. The maximum Gasteiger partial charge on any atom is 0.303 e. The van der Waals surface area contributed by atoms with Crippen LogP contribution in [-0.4, -0.2) is 28.8 Å². The van der Waals surface area contributed by atoms with E-state index >= 15 is 0 Å². The van der Waals surface area contributed by atoms with Crippen molar-refractivity contribution >= 4 is 5.97 Å². The third kappa shape index (κ3) is 2.80. The molecule has 0 saturated heterocycles. The summed E-state index contributed by atoms with van der Waals surface area (Å²) < 4.78 is 5.66. The van der Waals surface area contributed by atoms with Crippen molar-refractivity contribution in [3.63, 3.8) is 0 Å². The molecule has 1 aliphatic rings. The number of nitrogens with two attached hydrogens (primary N) is 1. The van der Waals surface area contributed by atoms with E-state index in [0.29, 0.717) is 19.4 Å². The number of hydrogen-bond acceptors (Lipinski definition) is 4. The van der Waals surface area contributed by atoms with Crippen LogP contribution < -0.4 is 5.73 Å². The van der Waals surface area contributed by atoms with E-state index in [1.165, 1.54) is 0 Å². The highest BCUT2D eigenvalue weighted by Gasteiger charge is 2.30. The molecule has 0 fully saturated rings. The molecule has 18 heavy (non-hydrogen) atoms. The molecule has 1 aromatic rings. The van der Waals surface area contributed by atoms with Crippen LogP contribution in [0.2, 0.25) is 0 Å². The third-order valence-corrected chi connectivity index (χ3v) is 3.11. The monoisotopic (exact) mass is 251 g/mol. The second-order valence-corrected chi connectivity index (χ2v) is 4.54. The van der Waals surface area contributed by atoms with Gasteiger partial charge in [0.25, 0.3) is 0 Å². The van der Waals surface area contributed by atoms with E-state index in [1.807, 2.05) is 6.07 Å². The van der Waals surface area contributed by atoms with Crippen LogP contribution in [0.5, 0.6) is 5.75 Å². The van der Waals surface area contributed by atoms with Gasteiger partial charge in [-0.3, -0.25) is 4.79 Å². The largest absolute Gasteiger partial charge is 0.508 e. The standard InChI is InChI=1S/C13H17NO4/c14-11-7-8-6-9(15)3-4-10(8)13(11)18-5-1-2-12(16)17/h3-4,6,11,13,15H,1-2,5,7,14H2,(H,16,17). The molecule has 0 bridgehead atoms. The molecule has 2 unspecified atom stereocenters. The number of carboxylic acids is 1. The molecule has 1 aromatic carbocycles. The molecule has 1 aliphatic carbocycles. The topological polar surface area (TPSA) is 92.8 Å². The number of phenolic OH excluding ortho intramolecular Hbond substituents is 1. The van der Waals surface area contributed by atoms with Gasteiger partial charge in [-0.15, -0.1) is 0 Å². The van der Waals surface area contributed by atoms with E-state index in [1.54, 1.807) is 12.1 Å². The Balaban J connectivity index is 1.96. The Morgan fingerprint density at radius 2 is 2.28 bits per heavy atom. The Hall–Kier alpha value is -1.59. The van der Waals surface area contributed by atoms with Crippen molar-refractivity contribution in [2.24, 2.45) is 5.73 Å². The minimum absolute atomic E-state index is 0.102. The molecule has 2 rings (SSSR count). The van der Waals surface area contributed by atoms with E-state index in [0.717, 1.165) is 11.1 Å². The quantitative estimate of drug-likeness (QED) is 0.684. The van der Waals surface area contributed by atoms with E-state index in [4.69, 9.17) is 15.6 Å². The molecule has 0 saturated carbocycles. The van der Waals surface area contributed by atoms with Gasteiger partial charge in [0.05, 0.1) is 6.10 Å². The summed E-state index contributed by atoms with van der Waals surface area (Å²) in [4.78, 5) is 10.4. The average Bonchev–Trinajstić information content (AvgIpc) is 2.59. The fourth-order valence-corrected chi connectivity index (χ4v) is 2.29. The number of phenols is 1. The normalized spacial score (nSPS) is 21.8. The van der Waals surface area contributed by atoms with Gasteiger partial charge in [0.1, 0.15) is 5.75 Å². The summed E-state index contributed by atoms with van der Waals surface area (Å²) in [6.07, 6.45) is 1.05. The molecule has 0 radical (unpaired) electrons. The number of hydrogen-bond donors (Lipinski definition) is 3. The molecule has 5 heteroatoms. The van der Waals surface area contributed by atoms with Crippen LogP contribution in [-0.2, 0) is 16.0 Å². The number of benzene rings is 1. The maximum absolute atomic E-state index is 10.4. The Morgan fingerprint density at radius 1 is 1.50 bits per heavy atom. The van der Waals surface area contributed by atoms with Crippen molar-refractivity contribution in [2.45, 2.75) is 31.4 Å². The first kappa shape index (κ1) is 12.9. The first-order chi connectivity index (χ1) is 8.58. The van der Waals surface area contributed by atoms with Gasteiger partial charge in [0.15, 0.2) is 0 Å². The first-order valence-corrected chi connectivity index (χ1v) is 5.98. The summed E-state index contributed by atoms with van der Waals surface area (Å²) in [7, 11) is 0. The van der Waals surface area contributed by atoms with Crippen molar-refractivity contribution in [1.29, 1.82) is 0 Å². The fraction of sp³-hybridized carbons (Fsp3) is 0.462. The van der Waals surface area contributed by atoms with E-state index in [-0.39, 0.29) is 24.3 Å². The molecule has 0 aromatic heterocycles. The molecule has 0 spiro atoms. The summed E-state index contributed by atoms with van der Waals surface area (Å²) in [6.45, 7) is 0.380. The van der Waals surface area contributed by atoms with Gasteiger partial charge in [-0.2, -0.15) is 0 Å². The van der Waals surface area contributed by atoms with Crippen LogP contribution in [0.3, 0.4) is 0 Å². The molecule has 0 heterocycles. The number of aromatic hydroxyl groups is 1. The summed E-state index contributed by atoms with van der Waals surface area (Å²) in [5.74, 6) is -0.591. The lowest BCUT2D eigenvalue weighted by molar-refractivity contribution is -0.137. The van der Waals surface area contributed by atoms with E-state index in [9.17, 15) is 9.90 Å². The Bertz CT molecular complexity index is 447. The van der Waals surface area contributed by atoms with Crippen molar-refractivity contribution in [1.82, 2.24) is 0 Å². The minimum Gasteiger partial charge on any atom is -0.508 e. The van der Waals surface area contributed by atoms with E-state index in [2.05, 4.69) is 0 Å². The molecule has 0 aliphatic heterocycles. The maximum atomic E-state index is 10.4. The van der Waals surface area contributed by atoms with Gasteiger partial charge in [-0.1, -0.05) is 6.07 Å². The molecular weight excluding hydrogens is 234 g/mol. The van der Waals surface area contributed by atoms with Crippen molar-refractivity contribution < 1.29 is 19.7 Å². The van der Waals surface area contributed by atoms with Gasteiger partial charge < -0.3 is 20.7 Å². The number of rotatable bonds is 5. The summed E-state index contributed by atoms with van der Waals surface area (Å²) in [5.41, 5.74) is 8.00. The highest BCUT2D eigenvalue weighted by molar-refractivity contribution is 5.66. The second kappa shape index (κ2) is 5.37. The summed E-state index contributed by atoms with van der Waals surface area (Å²) >= 11 is 0. The molecule has 4 N–H and O–H groups in total. The highest BCUT2D eigenvalue weighted by atomic mass is 16.5. The predicted octanol–water partition coefficient (Wildman–Crippen LogP) is 1.20. The van der Waals surface area contributed by atoms with Crippen molar-refractivity contribution in [2.75, 3.05) is 6.61 Å². The number of ether oxygens (including phenoxy) is 1. The van der Waals surface area contributed by atoms with Gasteiger partial charge >= 0.3 is 5.97 Å². The van der Waals surface area contributed by atoms with Gasteiger partial charge in [-0.25, -0.2) is 0 Å². The molecule has 5 nitrogen and oxygen atoms in total.